The van der Waals surface area contributed by atoms with Crippen LogP contribution in [0.25, 0.3) is 21.5 Å². The highest BCUT2D eigenvalue weighted by Crippen LogP contribution is 2.19. The summed E-state index contributed by atoms with van der Waals surface area (Å²) < 4.78 is 16.2. The van der Waals surface area contributed by atoms with Crippen LogP contribution in [0.2, 0.25) is 0 Å². The summed E-state index contributed by atoms with van der Waals surface area (Å²) in [5.41, 5.74) is 2.54. The molecular formula is C39H47NO7. The molecule has 8 heteroatoms. The van der Waals surface area contributed by atoms with Crippen molar-refractivity contribution in [2.24, 2.45) is 0 Å². The summed E-state index contributed by atoms with van der Waals surface area (Å²) in [6, 6.07) is 29.6. The molecule has 0 heterocycles. The smallest absolute Gasteiger partial charge is 0.336 e. The first-order chi connectivity index (χ1) is 22.9. The number of hydrogen-bond donors (Lipinski definition) is 1. The number of nitrogens with zero attached hydrogens (tertiary/aromatic N) is 1. The fourth-order valence-electron chi connectivity index (χ4n) is 5.73. The van der Waals surface area contributed by atoms with Gasteiger partial charge in [-0.15, -0.1) is 0 Å². The Hall–Kier alpha value is -4.27. The lowest BCUT2D eigenvalue weighted by atomic mass is 10.0. The molecule has 0 aliphatic rings. The summed E-state index contributed by atoms with van der Waals surface area (Å²) in [4.78, 5) is 39.1. The van der Waals surface area contributed by atoms with Crippen molar-refractivity contribution in [3.05, 3.63) is 96.1 Å². The van der Waals surface area contributed by atoms with E-state index in [4.69, 9.17) is 14.2 Å². The maximum atomic E-state index is 13.5. The molecule has 0 fully saturated rings. The van der Waals surface area contributed by atoms with E-state index >= 15 is 0 Å². The first kappa shape index (κ1) is 35.6. The minimum Gasteiger partial charge on any atom is -0.479 e. The molecule has 2 atom stereocenters. The Balaban J connectivity index is 1.26. The molecule has 0 bridgehead atoms. The van der Waals surface area contributed by atoms with Crippen molar-refractivity contribution in [3.63, 3.8) is 0 Å². The number of fused-ring (bicyclic) bond motifs is 2. The number of aryl methyl sites for hydroxylation is 2. The molecule has 250 valence electrons. The number of ether oxygens (including phenoxy) is 3. The van der Waals surface area contributed by atoms with Crippen molar-refractivity contribution in [1.29, 1.82) is 0 Å². The Morgan fingerprint density at radius 1 is 0.681 bits per heavy atom. The van der Waals surface area contributed by atoms with Crippen LogP contribution >= 0.6 is 0 Å². The Bertz CT molecular complexity index is 1600. The third-order valence-corrected chi connectivity index (χ3v) is 8.32. The lowest BCUT2D eigenvalue weighted by molar-refractivity contribution is -0.177. The van der Waals surface area contributed by atoms with Gasteiger partial charge >= 0.3 is 11.9 Å². The van der Waals surface area contributed by atoms with Gasteiger partial charge in [0.25, 0.3) is 5.91 Å². The summed E-state index contributed by atoms with van der Waals surface area (Å²) in [5, 5.41) is 14.8. The molecule has 0 saturated heterocycles. The molecule has 0 saturated carbocycles. The monoisotopic (exact) mass is 641 g/mol. The van der Waals surface area contributed by atoms with E-state index in [1.807, 2.05) is 24.3 Å². The van der Waals surface area contributed by atoms with Gasteiger partial charge in [-0.3, -0.25) is 4.79 Å². The van der Waals surface area contributed by atoms with Crippen LogP contribution < -0.4 is 0 Å². The number of carbonyl (C=O) groups is 3. The van der Waals surface area contributed by atoms with Crippen molar-refractivity contribution < 1.29 is 33.7 Å². The largest absolute Gasteiger partial charge is 0.479 e. The van der Waals surface area contributed by atoms with Gasteiger partial charge in [-0.2, -0.15) is 0 Å². The zero-order valence-corrected chi connectivity index (χ0v) is 27.6. The van der Waals surface area contributed by atoms with Gasteiger partial charge in [0.15, 0.2) is 12.2 Å². The van der Waals surface area contributed by atoms with Crippen molar-refractivity contribution in [2.45, 2.75) is 70.5 Å². The molecule has 4 aromatic carbocycles. The van der Waals surface area contributed by atoms with Gasteiger partial charge in [0.2, 0.25) is 0 Å². The first-order valence-corrected chi connectivity index (χ1v) is 16.7. The van der Waals surface area contributed by atoms with Crippen LogP contribution in [-0.4, -0.2) is 73.5 Å². The van der Waals surface area contributed by atoms with Gasteiger partial charge in [0.1, 0.15) is 6.61 Å². The zero-order valence-electron chi connectivity index (χ0n) is 27.6. The third kappa shape index (κ3) is 11.2. The third-order valence-electron chi connectivity index (χ3n) is 8.32. The zero-order chi connectivity index (χ0) is 33.4. The van der Waals surface area contributed by atoms with E-state index in [0.29, 0.717) is 13.0 Å². The molecule has 0 radical (unpaired) electrons. The Kier molecular flexibility index (Phi) is 14.2. The molecule has 4 aromatic rings. The molecule has 0 aliphatic carbocycles. The fourth-order valence-corrected chi connectivity index (χ4v) is 5.73. The fraction of sp³-hybridized carbons (Fsp3) is 0.410. The minimum absolute atomic E-state index is 0.140. The maximum absolute atomic E-state index is 13.5. The van der Waals surface area contributed by atoms with Gasteiger partial charge in [-0.25, -0.2) is 9.59 Å². The van der Waals surface area contributed by atoms with Crippen LogP contribution in [0.1, 0.15) is 56.6 Å². The second kappa shape index (κ2) is 18.8. The molecular weight excluding hydrogens is 594 g/mol. The molecule has 47 heavy (non-hydrogen) atoms. The van der Waals surface area contributed by atoms with E-state index in [2.05, 4.69) is 60.7 Å². The van der Waals surface area contributed by atoms with Crippen LogP contribution in [-0.2, 0) is 41.4 Å². The average Bonchev–Trinajstić information content (AvgIpc) is 3.08. The van der Waals surface area contributed by atoms with E-state index in [9.17, 15) is 19.5 Å². The van der Waals surface area contributed by atoms with Gasteiger partial charge < -0.3 is 24.2 Å². The quantitative estimate of drug-likeness (QED) is 0.0819. The number of carbonyl (C=O) groups excluding carboxylic acids is 2. The van der Waals surface area contributed by atoms with Crippen molar-refractivity contribution in [3.8, 4) is 0 Å². The molecule has 0 unspecified atom stereocenters. The number of aliphatic carboxylic acids is 1. The normalized spacial score (nSPS) is 12.6. The van der Waals surface area contributed by atoms with Crippen LogP contribution in [0.15, 0.2) is 84.9 Å². The summed E-state index contributed by atoms with van der Waals surface area (Å²) in [6.45, 7) is 1.86. The number of unbranched alkanes of at least 4 members (excludes halogenated alkanes) is 4. The number of hydrogen-bond acceptors (Lipinski definition) is 6. The Morgan fingerprint density at radius 3 is 1.79 bits per heavy atom. The number of carboxylic acids is 1. The number of amides is 1. The van der Waals surface area contributed by atoms with Gasteiger partial charge in [0, 0.05) is 20.2 Å². The van der Waals surface area contributed by atoms with E-state index in [1.165, 1.54) is 37.6 Å². The number of carboxylic acid groups (broad SMARTS) is 1. The van der Waals surface area contributed by atoms with Crippen LogP contribution in [0.5, 0.6) is 0 Å². The predicted molar refractivity (Wildman–Crippen MR) is 184 cm³/mol. The van der Waals surface area contributed by atoms with E-state index in [0.717, 1.165) is 44.9 Å². The maximum Gasteiger partial charge on any atom is 0.336 e. The Labute approximate surface area is 277 Å². The molecule has 1 N–H and O–H groups in total. The van der Waals surface area contributed by atoms with Gasteiger partial charge in [-0.05, 0) is 78.1 Å². The SMILES string of the molecule is CCOC(=O)CO[C@@H](C(=O)O)[C@@H](OCCCCCc1ccc2ccccc2c1)C(=O)N(C)CCCCCc1ccc2ccccc2c1. The highest BCUT2D eigenvalue weighted by Gasteiger charge is 2.38. The lowest BCUT2D eigenvalue weighted by Gasteiger charge is -2.28. The highest BCUT2D eigenvalue weighted by molar-refractivity contribution is 5.88. The minimum atomic E-state index is -1.64. The van der Waals surface area contributed by atoms with Gasteiger partial charge in [0.05, 0.1) is 6.61 Å². The molecule has 0 aliphatic heterocycles. The van der Waals surface area contributed by atoms with Crippen molar-refractivity contribution in [1.82, 2.24) is 4.90 Å². The molecule has 1 amide bonds. The Morgan fingerprint density at radius 2 is 1.23 bits per heavy atom. The van der Waals surface area contributed by atoms with Crippen LogP contribution in [0, 0.1) is 0 Å². The molecule has 0 spiro atoms. The number of likely N-dealkylation sites (N-methyl/N-ethyl adjacent to an activating group) is 1. The number of benzene rings is 4. The van der Waals surface area contributed by atoms with Crippen molar-refractivity contribution >= 4 is 39.4 Å². The van der Waals surface area contributed by atoms with Crippen LogP contribution in [0.3, 0.4) is 0 Å². The average molecular weight is 642 g/mol. The van der Waals surface area contributed by atoms with Crippen LogP contribution in [0.4, 0.5) is 0 Å². The highest BCUT2D eigenvalue weighted by atomic mass is 16.6. The second-order valence-corrected chi connectivity index (χ2v) is 11.9. The summed E-state index contributed by atoms with van der Waals surface area (Å²) in [6.07, 6.45) is 3.91. The van der Waals surface area contributed by atoms with E-state index in [-0.39, 0.29) is 13.2 Å². The first-order valence-electron chi connectivity index (χ1n) is 16.7. The lowest BCUT2D eigenvalue weighted by Crippen LogP contribution is -2.50. The number of rotatable bonds is 20. The molecule has 8 nitrogen and oxygen atoms in total. The standard InChI is InChI=1S/C39H47NO7/c1-3-45-35(41)28-47-37(39(43)44)36(46-25-13-5-7-15-30-21-23-32-17-9-11-19-34(32)27-30)38(42)40(2)24-12-4-6-14-29-20-22-31-16-8-10-18-33(31)26-29/h8-11,16-23,26-27,36-37H,3-7,12-15,24-25,28H2,1-2H3,(H,43,44)/t36-,37-/m1/s1. The summed E-state index contributed by atoms with van der Waals surface area (Å²) in [7, 11) is 1.65. The molecule has 4 rings (SSSR count). The van der Waals surface area contributed by atoms with E-state index in [1.54, 1.807) is 14.0 Å². The topological polar surface area (TPSA) is 102 Å². The van der Waals surface area contributed by atoms with Crippen molar-refractivity contribution in [2.75, 3.05) is 33.4 Å². The summed E-state index contributed by atoms with van der Waals surface area (Å²) >= 11 is 0. The predicted octanol–water partition coefficient (Wildman–Crippen LogP) is 7.00. The van der Waals surface area contributed by atoms with E-state index < -0.39 is 36.7 Å². The summed E-state index contributed by atoms with van der Waals surface area (Å²) in [5.74, 6) is -2.54. The van der Waals surface area contributed by atoms with Gasteiger partial charge in [-0.1, -0.05) is 97.8 Å². The molecule has 0 aromatic heterocycles. The number of esters is 1. The second-order valence-electron chi connectivity index (χ2n) is 11.9.